The molecule has 0 saturated heterocycles. The van der Waals surface area contributed by atoms with Crippen LogP contribution in [0.1, 0.15) is 19.2 Å². The quantitative estimate of drug-likeness (QED) is 0.565. The van der Waals surface area contributed by atoms with E-state index < -0.39 is 15.7 Å². The van der Waals surface area contributed by atoms with E-state index in [0.29, 0.717) is 12.3 Å². The van der Waals surface area contributed by atoms with E-state index in [2.05, 4.69) is 26.1 Å². The predicted molar refractivity (Wildman–Crippen MR) is 84.4 cm³/mol. The molecule has 1 saturated carbocycles. The summed E-state index contributed by atoms with van der Waals surface area (Å²) in [5.41, 5.74) is -0.108. The van der Waals surface area contributed by atoms with Crippen LogP contribution in [-0.4, -0.2) is 20.5 Å². The van der Waals surface area contributed by atoms with E-state index in [0.717, 1.165) is 10.0 Å². The van der Waals surface area contributed by atoms with E-state index in [1.165, 1.54) is 0 Å². The van der Waals surface area contributed by atoms with Crippen molar-refractivity contribution in [2.75, 3.05) is 0 Å². The summed E-state index contributed by atoms with van der Waals surface area (Å²) in [6.07, 6.45) is 0.369. The molecule has 8 heteroatoms. The van der Waals surface area contributed by atoms with Gasteiger partial charge in [0.25, 0.3) is 5.89 Å². The zero-order valence-corrected chi connectivity index (χ0v) is 14.6. The van der Waals surface area contributed by atoms with Crippen LogP contribution in [0.25, 0.3) is 11.5 Å². The summed E-state index contributed by atoms with van der Waals surface area (Å²) in [6, 6.07) is 7.45. The molecule has 1 aromatic heterocycles. The topological polar surface area (TPSA) is 65.2 Å². The Balaban J connectivity index is 1.66. The Bertz CT molecular complexity index is 734. The van der Waals surface area contributed by atoms with Crippen LogP contribution in [0.15, 0.2) is 33.2 Å². The second-order valence-corrected chi connectivity index (χ2v) is 7.61. The van der Waals surface area contributed by atoms with Crippen LogP contribution >= 0.6 is 39.1 Å². The monoisotopic (exact) mass is 404 g/mol. The highest BCUT2D eigenvalue weighted by atomic mass is 79.9. The fourth-order valence-electron chi connectivity index (χ4n) is 1.96. The van der Waals surface area contributed by atoms with Crippen molar-refractivity contribution in [1.82, 2.24) is 10.2 Å². The van der Waals surface area contributed by atoms with Crippen molar-refractivity contribution in [3.8, 4) is 11.5 Å². The fourth-order valence-corrected chi connectivity index (χ4v) is 3.11. The van der Waals surface area contributed by atoms with Crippen LogP contribution in [-0.2, 0) is 16.1 Å². The lowest BCUT2D eigenvalue weighted by molar-refractivity contribution is -0.151. The molecule has 1 aromatic carbocycles. The molecule has 1 aliphatic rings. The number of hydrogen-bond donors (Lipinski definition) is 0. The van der Waals surface area contributed by atoms with Gasteiger partial charge in [0.05, 0.1) is 5.56 Å². The third-order valence-corrected chi connectivity index (χ3v) is 5.40. The number of nitrogens with zero attached hydrogens (tertiary/aromatic N) is 2. The summed E-state index contributed by atoms with van der Waals surface area (Å²) in [4.78, 5) is 12.0. The maximum atomic E-state index is 12.0. The molecule has 1 atom stereocenters. The first-order valence-electron chi connectivity index (χ1n) is 6.46. The Labute approximate surface area is 145 Å². The summed E-state index contributed by atoms with van der Waals surface area (Å²) in [5, 5.41) is 7.81. The Morgan fingerprint density at radius 1 is 1.41 bits per heavy atom. The van der Waals surface area contributed by atoms with Crippen molar-refractivity contribution in [3.63, 3.8) is 0 Å². The molecule has 0 amide bonds. The molecule has 1 aliphatic carbocycles. The number of halogens is 3. The average Bonchev–Trinajstić information content (AvgIpc) is 2.84. The maximum absolute atomic E-state index is 12.0. The van der Waals surface area contributed by atoms with Gasteiger partial charge in [-0.15, -0.1) is 33.4 Å². The first-order valence-corrected chi connectivity index (χ1v) is 8.01. The number of hydrogen-bond acceptors (Lipinski definition) is 5. The summed E-state index contributed by atoms with van der Waals surface area (Å²) >= 11 is 15.3. The van der Waals surface area contributed by atoms with Crippen LogP contribution in [0.3, 0.4) is 0 Å². The third-order valence-electron chi connectivity index (χ3n) is 3.61. The van der Waals surface area contributed by atoms with E-state index in [9.17, 15) is 4.79 Å². The highest BCUT2D eigenvalue weighted by Gasteiger charge is 2.69. The van der Waals surface area contributed by atoms with Crippen LogP contribution in [0.2, 0.25) is 0 Å². The van der Waals surface area contributed by atoms with Crippen molar-refractivity contribution in [2.45, 2.75) is 24.3 Å². The zero-order chi connectivity index (χ0) is 16.0. The van der Waals surface area contributed by atoms with Crippen molar-refractivity contribution >= 4 is 45.1 Å². The number of ether oxygens (including phenoxy) is 1. The Hall–Kier alpha value is -1.11. The standard InChI is InChI=1S/C14H11BrCl2N2O3/c1-13(7-14(13,16)17)12(20)21-6-10-18-19-11(22-10)8-4-2-3-5-9(8)15/h2-5H,6-7H2,1H3/t13-/m1/s1. The van der Waals surface area contributed by atoms with Crippen molar-refractivity contribution < 1.29 is 13.9 Å². The molecule has 3 rings (SSSR count). The highest BCUT2D eigenvalue weighted by molar-refractivity contribution is 9.10. The molecule has 22 heavy (non-hydrogen) atoms. The molecular formula is C14H11BrCl2N2O3. The van der Waals surface area contributed by atoms with E-state index >= 15 is 0 Å². The van der Waals surface area contributed by atoms with Crippen molar-refractivity contribution in [1.29, 1.82) is 0 Å². The van der Waals surface area contributed by atoms with Gasteiger partial charge in [0.2, 0.25) is 5.89 Å². The Kier molecular flexibility index (Phi) is 3.95. The minimum atomic E-state index is -1.06. The lowest BCUT2D eigenvalue weighted by Crippen LogP contribution is -2.21. The normalized spacial score (nSPS) is 22.4. The molecule has 0 bridgehead atoms. The largest absolute Gasteiger partial charge is 0.455 e. The Morgan fingerprint density at radius 3 is 2.73 bits per heavy atom. The summed E-state index contributed by atoms with van der Waals surface area (Å²) in [5.74, 6) is 0.0800. The van der Waals surface area contributed by atoms with Crippen LogP contribution in [0.5, 0.6) is 0 Å². The molecule has 0 unspecified atom stereocenters. The third kappa shape index (κ3) is 2.75. The van der Waals surface area contributed by atoms with Crippen molar-refractivity contribution in [2.24, 2.45) is 5.41 Å². The van der Waals surface area contributed by atoms with Gasteiger partial charge in [0.15, 0.2) is 6.61 Å². The number of rotatable bonds is 4. The maximum Gasteiger partial charge on any atom is 0.315 e. The molecule has 5 nitrogen and oxygen atoms in total. The van der Waals surface area contributed by atoms with E-state index in [1.807, 2.05) is 24.3 Å². The first-order chi connectivity index (χ1) is 10.3. The average molecular weight is 406 g/mol. The van der Waals surface area contributed by atoms with E-state index in [1.54, 1.807) is 6.92 Å². The van der Waals surface area contributed by atoms with Gasteiger partial charge in [-0.2, -0.15) is 0 Å². The van der Waals surface area contributed by atoms with E-state index in [-0.39, 0.29) is 12.5 Å². The van der Waals surface area contributed by atoms with Gasteiger partial charge in [-0.3, -0.25) is 4.79 Å². The molecule has 0 N–H and O–H groups in total. The number of aromatic nitrogens is 2. The Morgan fingerprint density at radius 2 is 2.09 bits per heavy atom. The lowest BCUT2D eigenvalue weighted by Gasteiger charge is -2.10. The zero-order valence-electron chi connectivity index (χ0n) is 11.5. The number of carbonyl (C=O) groups excluding carboxylic acids is 1. The first kappa shape index (κ1) is 15.8. The fraction of sp³-hybridized carbons (Fsp3) is 0.357. The van der Waals surface area contributed by atoms with E-state index in [4.69, 9.17) is 32.4 Å². The lowest BCUT2D eigenvalue weighted by atomic mass is 10.1. The molecule has 116 valence electrons. The molecule has 1 heterocycles. The van der Waals surface area contributed by atoms with Gasteiger partial charge in [0, 0.05) is 10.9 Å². The number of carbonyl (C=O) groups is 1. The minimum absolute atomic E-state index is 0.115. The number of esters is 1. The second-order valence-electron chi connectivity index (χ2n) is 5.27. The van der Waals surface area contributed by atoms with Gasteiger partial charge < -0.3 is 9.15 Å². The molecule has 0 aliphatic heterocycles. The molecule has 0 radical (unpaired) electrons. The number of alkyl halides is 2. The molecule has 0 spiro atoms. The van der Waals surface area contributed by atoms with Crippen LogP contribution in [0, 0.1) is 5.41 Å². The summed E-state index contributed by atoms with van der Waals surface area (Å²) in [7, 11) is 0. The molecular weight excluding hydrogens is 395 g/mol. The minimum Gasteiger partial charge on any atom is -0.455 e. The van der Waals surface area contributed by atoms with Crippen LogP contribution < -0.4 is 0 Å². The molecule has 1 fully saturated rings. The smallest absolute Gasteiger partial charge is 0.315 e. The summed E-state index contributed by atoms with van der Waals surface area (Å²) in [6.45, 7) is 1.55. The highest BCUT2D eigenvalue weighted by Crippen LogP contribution is 2.64. The number of benzene rings is 1. The van der Waals surface area contributed by atoms with Gasteiger partial charge in [0.1, 0.15) is 9.75 Å². The van der Waals surface area contributed by atoms with Gasteiger partial charge in [-0.1, -0.05) is 12.1 Å². The van der Waals surface area contributed by atoms with Gasteiger partial charge >= 0.3 is 5.97 Å². The van der Waals surface area contributed by atoms with Gasteiger partial charge in [-0.05, 0) is 35.0 Å². The summed E-state index contributed by atoms with van der Waals surface area (Å²) < 4.78 is 10.4. The predicted octanol–water partition coefficient (Wildman–Crippen LogP) is 4.13. The van der Waals surface area contributed by atoms with Gasteiger partial charge in [-0.25, -0.2) is 0 Å². The SMILES string of the molecule is C[C@]1(C(=O)OCc2nnc(-c3ccccc3Br)o2)CC1(Cl)Cl. The van der Waals surface area contributed by atoms with Crippen LogP contribution in [0.4, 0.5) is 0 Å². The second kappa shape index (κ2) is 5.51. The molecule has 2 aromatic rings. The van der Waals surface area contributed by atoms with Crippen molar-refractivity contribution in [3.05, 3.63) is 34.6 Å².